The highest BCUT2D eigenvalue weighted by molar-refractivity contribution is 6.05. The van der Waals surface area contributed by atoms with Gasteiger partial charge in [0.05, 0.1) is 16.6 Å². The molecule has 0 amide bonds. The SMILES string of the molecule is Cc1ccccc1-c1nocc1C(=O)[C@@]1(C(C)(C)O)CCCNC1. The fourth-order valence-corrected chi connectivity index (χ4v) is 3.59. The predicted molar refractivity (Wildman–Crippen MR) is 91.8 cm³/mol. The molecule has 1 aromatic heterocycles. The molecule has 0 unspecified atom stereocenters. The fraction of sp³-hybridized carbons (Fsp3) is 0.474. The Hall–Kier alpha value is -1.98. The topological polar surface area (TPSA) is 75.4 Å². The molecule has 0 bridgehead atoms. The molecule has 0 saturated carbocycles. The average molecular weight is 328 g/mol. The summed E-state index contributed by atoms with van der Waals surface area (Å²) in [5, 5.41) is 18.1. The Morgan fingerprint density at radius 3 is 2.75 bits per heavy atom. The second-order valence-electron chi connectivity index (χ2n) is 7.14. The van der Waals surface area contributed by atoms with E-state index in [0.717, 1.165) is 24.1 Å². The third kappa shape index (κ3) is 2.68. The summed E-state index contributed by atoms with van der Waals surface area (Å²) in [5.41, 5.74) is 0.873. The summed E-state index contributed by atoms with van der Waals surface area (Å²) in [6.45, 7) is 6.71. The highest BCUT2D eigenvalue weighted by Gasteiger charge is 2.51. The number of carbonyl (C=O) groups excluding carboxylic acids is 1. The van der Waals surface area contributed by atoms with E-state index < -0.39 is 11.0 Å². The molecule has 1 aliphatic heterocycles. The first-order chi connectivity index (χ1) is 11.4. The third-order valence-corrected chi connectivity index (χ3v) is 5.20. The van der Waals surface area contributed by atoms with Crippen molar-refractivity contribution in [1.82, 2.24) is 10.5 Å². The molecule has 1 aliphatic rings. The minimum Gasteiger partial charge on any atom is -0.389 e. The number of aliphatic hydroxyl groups is 1. The van der Waals surface area contributed by atoms with Crippen LogP contribution in [-0.4, -0.2) is 34.7 Å². The molecular weight excluding hydrogens is 304 g/mol. The number of aryl methyl sites for hydroxylation is 1. The Bertz CT molecular complexity index is 737. The zero-order chi connectivity index (χ0) is 17.4. The van der Waals surface area contributed by atoms with Crippen molar-refractivity contribution in [2.24, 2.45) is 5.41 Å². The molecule has 1 aromatic carbocycles. The van der Waals surface area contributed by atoms with Gasteiger partial charge in [0.1, 0.15) is 12.0 Å². The number of piperidine rings is 1. The first-order valence-corrected chi connectivity index (χ1v) is 8.35. The molecule has 3 rings (SSSR count). The van der Waals surface area contributed by atoms with Crippen LogP contribution < -0.4 is 5.32 Å². The van der Waals surface area contributed by atoms with Crippen LogP contribution in [0.5, 0.6) is 0 Å². The van der Waals surface area contributed by atoms with E-state index in [4.69, 9.17) is 4.52 Å². The van der Waals surface area contributed by atoms with Crippen LogP contribution in [0.1, 0.15) is 42.6 Å². The van der Waals surface area contributed by atoms with Crippen molar-refractivity contribution in [3.05, 3.63) is 41.7 Å². The highest BCUT2D eigenvalue weighted by Crippen LogP contribution is 2.42. The van der Waals surface area contributed by atoms with Crippen LogP contribution in [0.2, 0.25) is 0 Å². The number of ketones is 1. The van der Waals surface area contributed by atoms with Gasteiger partial charge in [-0.2, -0.15) is 0 Å². The van der Waals surface area contributed by atoms with Gasteiger partial charge in [-0.05, 0) is 45.7 Å². The molecule has 2 N–H and O–H groups in total. The number of nitrogens with one attached hydrogen (secondary N) is 1. The van der Waals surface area contributed by atoms with Crippen molar-refractivity contribution in [3.8, 4) is 11.3 Å². The quantitative estimate of drug-likeness (QED) is 0.844. The second-order valence-corrected chi connectivity index (χ2v) is 7.14. The standard InChI is InChI=1S/C19H24N2O3/c1-13-7-4-5-8-14(13)16-15(11-24-21-16)17(22)19(18(2,3)23)9-6-10-20-12-19/h4-5,7-8,11,20,23H,6,9-10,12H2,1-3H3/t19-/m1/s1. The van der Waals surface area contributed by atoms with Gasteiger partial charge in [-0.1, -0.05) is 29.4 Å². The van der Waals surface area contributed by atoms with Gasteiger partial charge in [-0.15, -0.1) is 0 Å². The van der Waals surface area contributed by atoms with Crippen molar-refractivity contribution < 1.29 is 14.4 Å². The van der Waals surface area contributed by atoms with E-state index in [-0.39, 0.29) is 5.78 Å². The van der Waals surface area contributed by atoms with E-state index >= 15 is 0 Å². The molecular formula is C19H24N2O3. The predicted octanol–water partition coefficient (Wildman–Crippen LogP) is 2.97. The van der Waals surface area contributed by atoms with Crippen LogP contribution in [0, 0.1) is 12.3 Å². The van der Waals surface area contributed by atoms with Crippen molar-refractivity contribution >= 4 is 5.78 Å². The van der Waals surface area contributed by atoms with Gasteiger partial charge in [-0.3, -0.25) is 4.79 Å². The normalized spacial score (nSPS) is 21.7. The summed E-state index contributed by atoms with van der Waals surface area (Å²) < 4.78 is 5.15. The Labute approximate surface area is 142 Å². The maximum atomic E-state index is 13.4. The maximum absolute atomic E-state index is 13.4. The third-order valence-electron chi connectivity index (χ3n) is 5.20. The zero-order valence-corrected chi connectivity index (χ0v) is 14.4. The largest absolute Gasteiger partial charge is 0.389 e. The van der Waals surface area contributed by atoms with Crippen LogP contribution in [0.3, 0.4) is 0 Å². The van der Waals surface area contributed by atoms with Crippen LogP contribution >= 0.6 is 0 Å². The van der Waals surface area contributed by atoms with Gasteiger partial charge in [0, 0.05) is 12.1 Å². The lowest BCUT2D eigenvalue weighted by Gasteiger charge is -2.44. The van der Waals surface area contributed by atoms with E-state index in [9.17, 15) is 9.90 Å². The lowest BCUT2D eigenvalue weighted by molar-refractivity contribution is -0.0482. The molecule has 24 heavy (non-hydrogen) atoms. The van der Waals surface area contributed by atoms with Crippen LogP contribution in [-0.2, 0) is 0 Å². The van der Waals surface area contributed by atoms with Crippen molar-refractivity contribution in [2.75, 3.05) is 13.1 Å². The summed E-state index contributed by atoms with van der Waals surface area (Å²) in [6, 6.07) is 7.77. The van der Waals surface area contributed by atoms with E-state index in [1.165, 1.54) is 6.26 Å². The number of carbonyl (C=O) groups is 1. The van der Waals surface area contributed by atoms with Gasteiger partial charge < -0.3 is 14.9 Å². The molecule has 1 atom stereocenters. The Morgan fingerprint density at radius 2 is 2.12 bits per heavy atom. The Balaban J connectivity index is 2.08. The monoisotopic (exact) mass is 328 g/mol. The van der Waals surface area contributed by atoms with Crippen LogP contribution in [0.4, 0.5) is 0 Å². The summed E-state index contributed by atoms with van der Waals surface area (Å²) in [5.74, 6) is -0.110. The summed E-state index contributed by atoms with van der Waals surface area (Å²) in [4.78, 5) is 13.4. The molecule has 1 saturated heterocycles. The second kappa shape index (κ2) is 6.15. The Morgan fingerprint density at radius 1 is 1.38 bits per heavy atom. The first kappa shape index (κ1) is 16.9. The minimum atomic E-state index is -1.14. The lowest BCUT2D eigenvalue weighted by Crippen LogP contribution is -2.57. The molecule has 5 nitrogen and oxygen atoms in total. The van der Waals surface area contributed by atoms with Gasteiger partial charge in [-0.25, -0.2) is 0 Å². The van der Waals surface area contributed by atoms with E-state index in [0.29, 0.717) is 24.2 Å². The van der Waals surface area contributed by atoms with Crippen molar-refractivity contribution in [1.29, 1.82) is 0 Å². The van der Waals surface area contributed by atoms with Crippen molar-refractivity contribution in [3.63, 3.8) is 0 Å². The minimum absolute atomic E-state index is 0.110. The first-order valence-electron chi connectivity index (χ1n) is 8.35. The van der Waals surface area contributed by atoms with E-state index in [1.807, 2.05) is 31.2 Å². The molecule has 2 heterocycles. The van der Waals surface area contributed by atoms with Gasteiger partial charge in [0.25, 0.3) is 0 Å². The molecule has 128 valence electrons. The van der Waals surface area contributed by atoms with Gasteiger partial charge in [0.15, 0.2) is 5.78 Å². The molecule has 0 radical (unpaired) electrons. The summed E-state index contributed by atoms with van der Waals surface area (Å²) >= 11 is 0. The molecule has 5 heteroatoms. The summed E-state index contributed by atoms with van der Waals surface area (Å²) in [7, 11) is 0. The number of hydrogen-bond acceptors (Lipinski definition) is 5. The molecule has 2 aromatic rings. The van der Waals surface area contributed by atoms with E-state index in [2.05, 4.69) is 10.5 Å². The average Bonchev–Trinajstić information content (AvgIpc) is 3.03. The number of rotatable bonds is 4. The maximum Gasteiger partial charge on any atom is 0.178 e. The van der Waals surface area contributed by atoms with Crippen molar-refractivity contribution in [2.45, 2.75) is 39.2 Å². The smallest absolute Gasteiger partial charge is 0.178 e. The fourth-order valence-electron chi connectivity index (χ4n) is 3.59. The zero-order valence-electron chi connectivity index (χ0n) is 14.4. The Kier molecular flexibility index (Phi) is 4.32. The molecule has 1 fully saturated rings. The molecule has 0 aliphatic carbocycles. The summed E-state index contributed by atoms with van der Waals surface area (Å²) in [6.07, 6.45) is 2.90. The van der Waals surface area contributed by atoms with Crippen LogP contribution in [0.25, 0.3) is 11.3 Å². The lowest BCUT2D eigenvalue weighted by atomic mass is 9.64. The molecule has 0 spiro atoms. The van der Waals surface area contributed by atoms with Gasteiger partial charge >= 0.3 is 0 Å². The number of nitrogens with zero attached hydrogens (tertiary/aromatic N) is 1. The van der Waals surface area contributed by atoms with Gasteiger partial charge in [0.2, 0.25) is 0 Å². The van der Waals surface area contributed by atoms with Crippen LogP contribution in [0.15, 0.2) is 35.1 Å². The van der Waals surface area contributed by atoms with E-state index in [1.54, 1.807) is 13.8 Å². The number of hydrogen-bond donors (Lipinski definition) is 2. The number of aromatic nitrogens is 1. The number of benzene rings is 1. The number of Topliss-reactive ketones (excluding diaryl/α,β-unsaturated/α-hetero) is 1. The highest BCUT2D eigenvalue weighted by atomic mass is 16.5.